The van der Waals surface area contributed by atoms with Gasteiger partial charge in [-0.15, -0.1) is 11.8 Å². The van der Waals surface area contributed by atoms with Gasteiger partial charge in [0.25, 0.3) is 5.91 Å². The third-order valence-corrected chi connectivity index (χ3v) is 4.59. The Morgan fingerprint density at radius 1 is 1.08 bits per heavy atom. The number of carbonyl (C=O) groups excluding carboxylic acids is 2. The average Bonchev–Trinajstić information content (AvgIpc) is 2.64. The maximum Gasteiger partial charge on any atom is 0.344 e. The summed E-state index contributed by atoms with van der Waals surface area (Å²) < 4.78 is 10.1. The van der Waals surface area contributed by atoms with Gasteiger partial charge in [-0.1, -0.05) is 41.4 Å². The summed E-state index contributed by atoms with van der Waals surface area (Å²) >= 11 is 7.56. The number of ether oxygens (including phenoxy) is 2. The molecule has 0 saturated heterocycles. The van der Waals surface area contributed by atoms with Crippen LogP contribution in [-0.4, -0.2) is 37.4 Å². The van der Waals surface area contributed by atoms with Crippen molar-refractivity contribution in [2.75, 3.05) is 25.5 Å². The molecule has 0 aromatic heterocycles. The zero-order valence-corrected chi connectivity index (χ0v) is 15.9. The van der Waals surface area contributed by atoms with Gasteiger partial charge in [-0.2, -0.15) is 0 Å². The van der Waals surface area contributed by atoms with Crippen molar-refractivity contribution >= 4 is 35.2 Å². The Labute approximate surface area is 162 Å². The molecular weight excluding hydrogens is 374 g/mol. The first-order valence-electron chi connectivity index (χ1n) is 8.04. The standard InChI is InChI=1S/C19H20ClNO4S/c1-14-6-8-15(9-7-14)26-11-10-21-18(22)12-25-19(23)13-24-17-5-3-2-4-16(17)20/h2-9H,10-13H2,1H3,(H,21,22). The summed E-state index contributed by atoms with van der Waals surface area (Å²) in [7, 11) is 0. The van der Waals surface area contributed by atoms with Gasteiger partial charge >= 0.3 is 5.97 Å². The topological polar surface area (TPSA) is 64.6 Å². The van der Waals surface area contributed by atoms with Gasteiger partial charge in [0, 0.05) is 17.2 Å². The van der Waals surface area contributed by atoms with Crippen molar-refractivity contribution < 1.29 is 19.1 Å². The largest absolute Gasteiger partial charge is 0.480 e. The second-order valence-electron chi connectivity index (χ2n) is 5.39. The van der Waals surface area contributed by atoms with Crippen molar-refractivity contribution in [3.63, 3.8) is 0 Å². The van der Waals surface area contributed by atoms with Crippen molar-refractivity contribution in [3.8, 4) is 5.75 Å². The SMILES string of the molecule is Cc1ccc(SCCNC(=O)COC(=O)COc2ccccc2Cl)cc1. The highest BCUT2D eigenvalue weighted by Gasteiger charge is 2.09. The van der Waals surface area contributed by atoms with Crippen LogP contribution in [0.4, 0.5) is 0 Å². The summed E-state index contributed by atoms with van der Waals surface area (Å²) in [5.74, 6) is 0.150. The van der Waals surface area contributed by atoms with E-state index in [0.29, 0.717) is 17.3 Å². The monoisotopic (exact) mass is 393 g/mol. The van der Waals surface area contributed by atoms with Crippen LogP contribution in [0.25, 0.3) is 0 Å². The molecule has 2 aromatic rings. The van der Waals surface area contributed by atoms with Gasteiger partial charge in [-0.25, -0.2) is 4.79 Å². The van der Waals surface area contributed by atoms with Gasteiger partial charge in [0.2, 0.25) is 0 Å². The fourth-order valence-corrected chi connectivity index (χ4v) is 2.89. The quantitative estimate of drug-likeness (QED) is 0.401. The molecule has 0 radical (unpaired) electrons. The van der Waals surface area contributed by atoms with Gasteiger partial charge in [0.1, 0.15) is 5.75 Å². The van der Waals surface area contributed by atoms with E-state index >= 15 is 0 Å². The Kier molecular flexibility index (Phi) is 8.31. The molecule has 0 atom stereocenters. The predicted octanol–water partition coefficient (Wildman–Crippen LogP) is 3.48. The number of para-hydroxylation sites is 1. The Hall–Kier alpha value is -2.18. The van der Waals surface area contributed by atoms with E-state index in [1.807, 2.05) is 31.2 Å². The first-order valence-corrected chi connectivity index (χ1v) is 9.40. The summed E-state index contributed by atoms with van der Waals surface area (Å²) in [6, 6.07) is 15.0. The van der Waals surface area contributed by atoms with Crippen LogP contribution in [0.1, 0.15) is 5.56 Å². The zero-order valence-electron chi connectivity index (χ0n) is 14.4. The van der Waals surface area contributed by atoms with E-state index in [2.05, 4.69) is 5.32 Å². The maximum absolute atomic E-state index is 11.7. The molecule has 0 spiro atoms. The molecule has 1 N–H and O–H groups in total. The third kappa shape index (κ3) is 7.37. The van der Waals surface area contributed by atoms with Crippen LogP contribution in [-0.2, 0) is 14.3 Å². The molecule has 0 heterocycles. The lowest BCUT2D eigenvalue weighted by molar-refractivity contribution is -0.150. The number of nitrogens with one attached hydrogen (secondary N) is 1. The van der Waals surface area contributed by atoms with Crippen LogP contribution in [0.5, 0.6) is 5.75 Å². The zero-order chi connectivity index (χ0) is 18.8. The Bertz CT molecular complexity index is 737. The number of carbonyl (C=O) groups is 2. The van der Waals surface area contributed by atoms with Crippen LogP contribution < -0.4 is 10.1 Å². The Morgan fingerprint density at radius 3 is 2.54 bits per heavy atom. The van der Waals surface area contributed by atoms with E-state index in [1.165, 1.54) is 5.56 Å². The Balaban J connectivity index is 1.57. The van der Waals surface area contributed by atoms with Crippen molar-refractivity contribution in [2.45, 2.75) is 11.8 Å². The molecule has 0 aliphatic carbocycles. The highest BCUT2D eigenvalue weighted by molar-refractivity contribution is 7.99. The van der Waals surface area contributed by atoms with E-state index in [0.717, 1.165) is 10.6 Å². The highest BCUT2D eigenvalue weighted by Crippen LogP contribution is 2.22. The molecular formula is C19H20ClNO4S. The Morgan fingerprint density at radius 2 is 1.81 bits per heavy atom. The van der Waals surface area contributed by atoms with E-state index in [9.17, 15) is 9.59 Å². The number of hydrogen-bond donors (Lipinski definition) is 1. The lowest BCUT2D eigenvalue weighted by Crippen LogP contribution is -2.31. The molecule has 7 heteroatoms. The number of benzene rings is 2. The summed E-state index contributed by atoms with van der Waals surface area (Å²) in [5.41, 5.74) is 1.21. The fourth-order valence-electron chi connectivity index (χ4n) is 1.93. The second-order valence-corrected chi connectivity index (χ2v) is 6.97. The molecule has 0 aliphatic rings. The van der Waals surface area contributed by atoms with E-state index in [-0.39, 0.29) is 19.1 Å². The lowest BCUT2D eigenvalue weighted by Gasteiger charge is -2.08. The van der Waals surface area contributed by atoms with Crippen molar-refractivity contribution in [3.05, 3.63) is 59.1 Å². The smallest absolute Gasteiger partial charge is 0.344 e. The number of aryl methyl sites for hydroxylation is 1. The summed E-state index contributed by atoms with van der Waals surface area (Å²) in [6.45, 7) is 1.89. The molecule has 2 aromatic carbocycles. The second kappa shape index (κ2) is 10.7. The number of hydrogen-bond acceptors (Lipinski definition) is 5. The number of halogens is 1. The van der Waals surface area contributed by atoms with Crippen LogP contribution >= 0.6 is 23.4 Å². The first kappa shape index (κ1) is 20.1. The summed E-state index contributed by atoms with van der Waals surface area (Å²) in [5, 5.41) is 3.11. The molecule has 0 fully saturated rings. The number of thioether (sulfide) groups is 1. The average molecular weight is 394 g/mol. The van der Waals surface area contributed by atoms with Crippen LogP contribution in [0.2, 0.25) is 5.02 Å². The third-order valence-electron chi connectivity index (χ3n) is 3.26. The minimum Gasteiger partial charge on any atom is -0.480 e. The van der Waals surface area contributed by atoms with Gasteiger partial charge in [-0.3, -0.25) is 4.79 Å². The van der Waals surface area contributed by atoms with Gasteiger partial charge in [0.05, 0.1) is 5.02 Å². The molecule has 0 saturated carbocycles. The van der Waals surface area contributed by atoms with Crippen LogP contribution in [0.3, 0.4) is 0 Å². The van der Waals surface area contributed by atoms with Crippen LogP contribution in [0, 0.1) is 6.92 Å². The van der Waals surface area contributed by atoms with Crippen molar-refractivity contribution in [2.24, 2.45) is 0 Å². The molecule has 0 bridgehead atoms. The minimum atomic E-state index is -0.630. The summed E-state index contributed by atoms with van der Waals surface area (Å²) in [6.07, 6.45) is 0. The fraction of sp³-hybridized carbons (Fsp3) is 0.263. The van der Waals surface area contributed by atoms with Gasteiger partial charge < -0.3 is 14.8 Å². The highest BCUT2D eigenvalue weighted by atomic mass is 35.5. The molecule has 0 unspecified atom stereocenters. The molecule has 5 nitrogen and oxygen atoms in total. The normalized spacial score (nSPS) is 10.2. The molecule has 1 amide bonds. The summed E-state index contributed by atoms with van der Waals surface area (Å²) in [4.78, 5) is 24.4. The molecule has 26 heavy (non-hydrogen) atoms. The van der Waals surface area contributed by atoms with Gasteiger partial charge in [-0.05, 0) is 31.2 Å². The maximum atomic E-state index is 11.7. The predicted molar refractivity (Wildman–Crippen MR) is 103 cm³/mol. The first-order chi connectivity index (χ1) is 12.5. The van der Waals surface area contributed by atoms with Crippen LogP contribution in [0.15, 0.2) is 53.4 Å². The number of esters is 1. The molecule has 0 aliphatic heterocycles. The lowest BCUT2D eigenvalue weighted by atomic mass is 10.2. The molecule has 138 valence electrons. The van der Waals surface area contributed by atoms with E-state index < -0.39 is 5.97 Å². The van der Waals surface area contributed by atoms with E-state index in [4.69, 9.17) is 21.1 Å². The number of amides is 1. The van der Waals surface area contributed by atoms with Gasteiger partial charge in [0.15, 0.2) is 13.2 Å². The van der Waals surface area contributed by atoms with Crippen molar-refractivity contribution in [1.82, 2.24) is 5.32 Å². The molecule has 2 rings (SSSR count). The number of rotatable bonds is 9. The minimum absolute atomic E-state index is 0.305. The van der Waals surface area contributed by atoms with Crippen molar-refractivity contribution in [1.29, 1.82) is 0 Å². The van der Waals surface area contributed by atoms with E-state index in [1.54, 1.807) is 36.0 Å².